The third-order valence-electron chi connectivity index (χ3n) is 4.84. The first-order valence-corrected chi connectivity index (χ1v) is 9.39. The standard InChI is InChI=1S/C20H21Cl2FN2O/c1-24(16-9-7-15(23)8-10-16)20(26)14-4-3-11-25(12-14)13-17-18(21)5-2-6-19(17)22/h2,5-10,14H,3-4,11-13H2,1H3. The van der Waals surface area contributed by atoms with E-state index >= 15 is 0 Å². The maximum Gasteiger partial charge on any atom is 0.231 e. The molecular weight excluding hydrogens is 374 g/mol. The Morgan fingerprint density at radius 2 is 1.85 bits per heavy atom. The van der Waals surface area contributed by atoms with Crippen LogP contribution in [0.5, 0.6) is 0 Å². The summed E-state index contributed by atoms with van der Waals surface area (Å²) < 4.78 is 13.1. The molecule has 1 unspecified atom stereocenters. The van der Waals surface area contributed by atoms with Gasteiger partial charge in [-0.25, -0.2) is 4.39 Å². The van der Waals surface area contributed by atoms with Gasteiger partial charge in [0.2, 0.25) is 5.91 Å². The van der Waals surface area contributed by atoms with Crippen LogP contribution in [-0.4, -0.2) is 30.9 Å². The second-order valence-corrected chi connectivity index (χ2v) is 7.46. The van der Waals surface area contributed by atoms with Crippen molar-refractivity contribution < 1.29 is 9.18 Å². The van der Waals surface area contributed by atoms with E-state index < -0.39 is 0 Å². The van der Waals surface area contributed by atoms with Crippen LogP contribution in [0.15, 0.2) is 42.5 Å². The molecule has 1 saturated heterocycles. The molecule has 0 aromatic heterocycles. The minimum atomic E-state index is -0.310. The van der Waals surface area contributed by atoms with Gasteiger partial charge < -0.3 is 4.90 Å². The van der Waals surface area contributed by atoms with E-state index in [1.807, 2.05) is 18.2 Å². The fraction of sp³-hybridized carbons (Fsp3) is 0.350. The van der Waals surface area contributed by atoms with Crippen molar-refractivity contribution in [2.24, 2.45) is 5.92 Å². The van der Waals surface area contributed by atoms with Crippen LogP contribution in [0.1, 0.15) is 18.4 Å². The number of hydrogen-bond donors (Lipinski definition) is 0. The van der Waals surface area contributed by atoms with Crippen LogP contribution in [0.2, 0.25) is 10.0 Å². The predicted molar refractivity (Wildman–Crippen MR) is 104 cm³/mol. The lowest BCUT2D eigenvalue weighted by Gasteiger charge is -2.34. The predicted octanol–water partition coefficient (Wildman–Crippen LogP) is 5.01. The Morgan fingerprint density at radius 1 is 1.19 bits per heavy atom. The van der Waals surface area contributed by atoms with Gasteiger partial charge in [0.1, 0.15) is 5.82 Å². The summed E-state index contributed by atoms with van der Waals surface area (Å²) in [6.07, 6.45) is 1.78. The maximum absolute atomic E-state index is 13.1. The highest BCUT2D eigenvalue weighted by atomic mass is 35.5. The smallest absolute Gasteiger partial charge is 0.231 e. The Balaban J connectivity index is 1.68. The molecule has 26 heavy (non-hydrogen) atoms. The normalized spacial score (nSPS) is 17.9. The largest absolute Gasteiger partial charge is 0.315 e. The highest BCUT2D eigenvalue weighted by Crippen LogP contribution is 2.28. The Kier molecular flexibility index (Phi) is 6.17. The van der Waals surface area contributed by atoms with Crippen LogP contribution < -0.4 is 4.90 Å². The van der Waals surface area contributed by atoms with E-state index in [9.17, 15) is 9.18 Å². The maximum atomic E-state index is 13.1. The fourth-order valence-electron chi connectivity index (χ4n) is 3.37. The highest BCUT2D eigenvalue weighted by Gasteiger charge is 2.29. The van der Waals surface area contributed by atoms with Gasteiger partial charge in [0.05, 0.1) is 5.92 Å². The minimum absolute atomic E-state index is 0.0477. The molecule has 2 aromatic carbocycles. The molecule has 3 rings (SSSR count). The summed E-state index contributed by atoms with van der Waals surface area (Å²) in [7, 11) is 1.74. The molecule has 0 bridgehead atoms. The molecule has 1 heterocycles. The van der Waals surface area contributed by atoms with Crippen molar-refractivity contribution in [1.82, 2.24) is 4.90 Å². The van der Waals surface area contributed by atoms with Gasteiger partial charge in [-0.05, 0) is 55.8 Å². The summed E-state index contributed by atoms with van der Waals surface area (Å²) >= 11 is 12.5. The first kappa shape index (κ1) is 19.2. The van der Waals surface area contributed by atoms with Crippen molar-refractivity contribution >= 4 is 34.8 Å². The van der Waals surface area contributed by atoms with Crippen molar-refractivity contribution in [2.45, 2.75) is 19.4 Å². The lowest BCUT2D eigenvalue weighted by Crippen LogP contribution is -2.43. The fourth-order valence-corrected chi connectivity index (χ4v) is 3.89. The zero-order valence-electron chi connectivity index (χ0n) is 14.6. The average Bonchev–Trinajstić information content (AvgIpc) is 2.64. The molecule has 1 fully saturated rings. The second kappa shape index (κ2) is 8.38. The lowest BCUT2D eigenvalue weighted by molar-refractivity contribution is -0.123. The van der Waals surface area contributed by atoms with Gasteiger partial charge in [-0.3, -0.25) is 9.69 Å². The van der Waals surface area contributed by atoms with E-state index in [0.717, 1.165) is 24.9 Å². The average molecular weight is 395 g/mol. The van der Waals surface area contributed by atoms with Gasteiger partial charge in [0.25, 0.3) is 0 Å². The quantitative estimate of drug-likeness (QED) is 0.727. The van der Waals surface area contributed by atoms with Gasteiger partial charge in [-0.1, -0.05) is 29.3 Å². The van der Waals surface area contributed by atoms with E-state index in [4.69, 9.17) is 23.2 Å². The summed E-state index contributed by atoms with van der Waals surface area (Å²) in [5, 5.41) is 1.30. The SMILES string of the molecule is CN(C(=O)C1CCCN(Cc2c(Cl)cccc2Cl)C1)c1ccc(F)cc1. The Labute approximate surface area is 163 Å². The number of rotatable bonds is 4. The number of nitrogens with zero attached hydrogens (tertiary/aromatic N) is 2. The van der Waals surface area contributed by atoms with Crippen LogP contribution in [-0.2, 0) is 11.3 Å². The molecule has 1 aliphatic heterocycles. The summed E-state index contributed by atoms with van der Waals surface area (Å²) in [5.41, 5.74) is 1.60. The number of halogens is 3. The Hall–Kier alpha value is -1.62. The van der Waals surface area contributed by atoms with E-state index in [-0.39, 0.29) is 17.6 Å². The number of likely N-dealkylation sites (tertiary alicyclic amines) is 1. The summed E-state index contributed by atoms with van der Waals surface area (Å²) in [5.74, 6) is -0.360. The molecule has 1 aliphatic rings. The number of carbonyl (C=O) groups excluding carboxylic acids is 1. The number of amides is 1. The van der Waals surface area contributed by atoms with Gasteiger partial charge in [0, 0.05) is 41.4 Å². The van der Waals surface area contributed by atoms with Gasteiger partial charge >= 0.3 is 0 Å². The van der Waals surface area contributed by atoms with Crippen molar-refractivity contribution in [2.75, 3.05) is 25.0 Å². The third kappa shape index (κ3) is 4.37. The summed E-state index contributed by atoms with van der Waals surface area (Å²) in [6.45, 7) is 2.19. The molecule has 2 aromatic rings. The van der Waals surface area contributed by atoms with E-state index in [0.29, 0.717) is 28.8 Å². The molecule has 6 heteroatoms. The Bertz CT molecular complexity index is 762. The molecule has 0 saturated carbocycles. The van der Waals surface area contributed by atoms with E-state index in [2.05, 4.69) is 4.90 Å². The van der Waals surface area contributed by atoms with Crippen LogP contribution in [0.4, 0.5) is 10.1 Å². The third-order valence-corrected chi connectivity index (χ3v) is 5.55. The first-order valence-electron chi connectivity index (χ1n) is 8.64. The van der Waals surface area contributed by atoms with Crippen molar-refractivity contribution in [1.29, 1.82) is 0 Å². The van der Waals surface area contributed by atoms with Crippen LogP contribution in [0.25, 0.3) is 0 Å². The molecule has 0 N–H and O–H groups in total. The zero-order valence-corrected chi connectivity index (χ0v) is 16.1. The van der Waals surface area contributed by atoms with Crippen molar-refractivity contribution in [3.63, 3.8) is 0 Å². The van der Waals surface area contributed by atoms with Crippen molar-refractivity contribution in [3.8, 4) is 0 Å². The summed E-state index contributed by atoms with van der Waals surface area (Å²) in [6, 6.07) is 11.5. The number of piperidine rings is 1. The number of carbonyl (C=O) groups is 1. The first-order chi connectivity index (χ1) is 12.5. The molecule has 1 amide bonds. The second-order valence-electron chi connectivity index (χ2n) is 6.65. The van der Waals surface area contributed by atoms with E-state index in [1.54, 1.807) is 24.1 Å². The van der Waals surface area contributed by atoms with E-state index in [1.165, 1.54) is 12.1 Å². The van der Waals surface area contributed by atoms with Gasteiger partial charge in [-0.2, -0.15) is 0 Å². The summed E-state index contributed by atoms with van der Waals surface area (Å²) in [4.78, 5) is 16.7. The van der Waals surface area contributed by atoms with Gasteiger partial charge in [-0.15, -0.1) is 0 Å². The zero-order chi connectivity index (χ0) is 18.7. The van der Waals surface area contributed by atoms with Crippen LogP contribution >= 0.6 is 23.2 Å². The molecule has 138 valence electrons. The van der Waals surface area contributed by atoms with Gasteiger partial charge in [0.15, 0.2) is 0 Å². The molecule has 3 nitrogen and oxygen atoms in total. The lowest BCUT2D eigenvalue weighted by atomic mass is 9.96. The molecule has 0 aliphatic carbocycles. The number of benzene rings is 2. The molecule has 1 atom stereocenters. The molecule has 0 radical (unpaired) electrons. The number of hydrogen-bond acceptors (Lipinski definition) is 2. The Morgan fingerprint density at radius 3 is 2.50 bits per heavy atom. The topological polar surface area (TPSA) is 23.6 Å². The monoisotopic (exact) mass is 394 g/mol. The highest BCUT2D eigenvalue weighted by molar-refractivity contribution is 6.35. The molecular formula is C20H21Cl2FN2O. The number of anilines is 1. The van der Waals surface area contributed by atoms with Crippen molar-refractivity contribution in [3.05, 3.63) is 63.9 Å². The molecule has 0 spiro atoms. The van der Waals surface area contributed by atoms with Crippen LogP contribution in [0, 0.1) is 11.7 Å². The van der Waals surface area contributed by atoms with Crippen LogP contribution in [0.3, 0.4) is 0 Å². The minimum Gasteiger partial charge on any atom is -0.315 e.